The van der Waals surface area contributed by atoms with E-state index in [-0.39, 0.29) is 11.1 Å². The molecule has 0 heterocycles. The minimum atomic E-state index is -1.82. The van der Waals surface area contributed by atoms with Gasteiger partial charge < -0.3 is 29.9 Å². The summed E-state index contributed by atoms with van der Waals surface area (Å²) in [5.74, 6) is -1.42. The summed E-state index contributed by atoms with van der Waals surface area (Å²) in [5.41, 5.74) is 0.523. The highest BCUT2D eigenvalue weighted by atomic mass is 16.5. The van der Waals surface area contributed by atoms with Gasteiger partial charge in [-0.15, -0.1) is 0 Å². The molecule has 0 bridgehead atoms. The third-order valence-electron chi connectivity index (χ3n) is 3.93. The number of aliphatic hydroxyl groups excluding tert-OH is 4. The first-order chi connectivity index (χ1) is 13.4. The molecule has 0 aliphatic rings. The van der Waals surface area contributed by atoms with E-state index in [1.807, 2.05) is 0 Å². The molecule has 4 N–H and O–H groups in total. The molecular formula is C20H22O8. The lowest BCUT2D eigenvalue weighted by atomic mass is 10.0. The summed E-state index contributed by atoms with van der Waals surface area (Å²) < 4.78 is 9.74. The van der Waals surface area contributed by atoms with Crippen LogP contribution in [0, 0.1) is 0 Å². The van der Waals surface area contributed by atoms with Crippen molar-refractivity contribution in [3.63, 3.8) is 0 Å². The first-order valence-electron chi connectivity index (χ1n) is 8.56. The molecule has 0 saturated heterocycles. The summed E-state index contributed by atoms with van der Waals surface area (Å²) >= 11 is 0. The number of hydrogen-bond acceptors (Lipinski definition) is 8. The van der Waals surface area contributed by atoms with Gasteiger partial charge in [0.2, 0.25) is 0 Å². The van der Waals surface area contributed by atoms with Crippen molar-refractivity contribution < 1.29 is 39.5 Å². The smallest absolute Gasteiger partial charge is 0.338 e. The number of esters is 2. The Morgan fingerprint density at radius 2 is 0.964 bits per heavy atom. The molecule has 0 saturated carbocycles. The Hall–Kier alpha value is -2.78. The fourth-order valence-electron chi connectivity index (χ4n) is 2.29. The minimum Gasteiger partial charge on any atom is -0.459 e. The Balaban J connectivity index is 1.79. The molecule has 1 unspecified atom stereocenters. The van der Waals surface area contributed by atoms with Gasteiger partial charge in [-0.3, -0.25) is 0 Å². The highest BCUT2D eigenvalue weighted by molar-refractivity contribution is 5.89. The van der Waals surface area contributed by atoms with Crippen molar-refractivity contribution >= 4 is 11.9 Å². The summed E-state index contributed by atoms with van der Waals surface area (Å²) in [6.45, 7) is -1.19. The van der Waals surface area contributed by atoms with E-state index >= 15 is 0 Å². The Morgan fingerprint density at radius 1 is 0.643 bits per heavy atom. The number of aliphatic hydroxyl groups is 4. The number of rotatable bonds is 9. The summed E-state index contributed by atoms with van der Waals surface area (Å²) in [6, 6.07) is 16.1. The molecule has 2 rings (SSSR count). The van der Waals surface area contributed by atoms with E-state index in [0.717, 1.165) is 0 Å². The van der Waals surface area contributed by atoms with Gasteiger partial charge in [-0.05, 0) is 24.3 Å². The Labute approximate surface area is 161 Å². The van der Waals surface area contributed by atoms with E-state index in [2.05, 4.69) is 0 Å². The third-order valence-corrected chi connectivity index (χ3v) is 3.93. The van der Waals surface area contributed by atoms with Gasteiger partial charge in [-0.25, -0.2) is 9.59 Å². The molecule has 8 heteroatoms. The van der Waals surface area contributed by atoms with Crippen LogP contribution in [0.1, 0.15) is 20.7 Å². The Kier molecular flexibility index (Phi) is 8.09. The zero-order chi connectivity index (χ0) is 20.5. The molecular weight excluding hydrogens is 368 g/mol. The molecule has 0 aliphatic heterocycles. The highest BCUT2D eigenvalue weighted by Crippen LogP contribution is 2.09. The van der Waals surface area contributed by atoms with E-state index in [1.165, 1.54) is 24.3 Å². The van der Waals surface area contributed by atoms with Gasteiger partial charge in [0.15, 0.2) is 0 Å². The normalized spacial score (nSPS) is 15.1. The largest absolute Gasteiger partial charge is 0.459 e. The second-order valence-electron chi connectivity index (χ2n) is 6.04. The lowest BCUT2D eigenvalue weighted by molar-refractivity contribution is -0.125. The number of hydrogen-bond donors (Lipinski definition) is 4. The maximum atomic E-state index is 11.8. The number of carbonyl (C=O) groups excluding carboxylic acids is 2. The van der Waals surface area contributed by atoms with Crippen LogP contribution in [0.15, 0.2) is 60.7 Å². The van der Waals surface area contributed by atoms with Crippen molar-refractivity contribution in [1.29, 1.82) is 0 Å². The van der Waals surface area contributed by atoms with Crippen LogP contribution in [0.4, 0.5) is 0 Å². The van der Waals surface area contributed by atoms with E-state index in [1.54, 1.807) is 36.4 Å². The molecule has 0 fully saturated rings. The topological polar surface area (TPSA) is 134 Å². The summed E-state index contributed by atoms with van der Waals surface area (Å²) in [6.07, 6.45) is -6.95. The number of ether oxygens (including phenoxy) is 2. The Bertz CT molecular complexity index is 684. The first kappa shape index (κ1) is 21.5. The molecule has 2 aromatic rings. The summed E-state index contributed by atoms with van der Waals surface area (Å²) in [5, 5.41) is 39.6. The van der Waals surface area contributed by atoms with E-state index in [4.69, 9.17) is 9.47 Å². The molecule has 8 nitrogen and oxygen atoms in total. The lowest BCUT2D eigenvalue weighted by Gasteiger charge is -2.26. The van der Waals surface area contributed by atoms with Crippen molar-refractivity contribution in [2.24, 2.45) is 0 Å². The van der Waals surface area contributed by atoms with Gasteiger partial charge in [-0.2, -0.15) is 0 Å². The van der Waals surface area contributed by atoms with E-state index in [0.29, 0.717) is 0 Å². The van der Waals surface area contributed by atoms with Gasteiger partial charge in [0.1, 0.15) is 37.6 Å². The van der Waals surface area contributed by atoms with Crippen LogP contribution in [0.3, 0.4) is 0 Å². The zero-order valence-electron chi connectivity index (χ0n) is 14.9. The van der Waals surface area contributed by atoms with Gasteiger partial charge >= 0.3 is 11.9 Å². The zero-order valence-corrected chi connectivity index (χ0v) is 14.9. The van der Waals surface area contributed by atoms with Crippen LogP contribution in [-0.2, 0) is 9.47 Å². The van der Waals surface area contributed by atoms with Crippen molar-refractivity contribution in [3.8, 4) is 0 Å². The molecule has 0 aliphatic carbocycles. The molecule has 2 aromatic carbocycles. The summed E-state index contributed by atoms with van der Waals surface area (Å²) in [7, 11) is 0. The van der Waals surface area contributed by atoms with Crippen LogP contribution >= 0.6 is 0 Å². The van der Waals surface area contributed by atoms with Gasteiger partial charge in [0.25, 0.3) is 0 Å². The molecule has 28 heavy (non-hydrogen) atoms. The second kappa shape index (κ2) is 10.5. The van der Waals surface area contributed by atoms with Crippen LogP contribution < -0.4 is 0 Å². The second-order valence-corrected chi connectivity index (χ2v) is 6.04. The molecule has 0 amide bonds. The van der Waals surface area contributed by atoms with Crippen LogP contribution in [0.5, 0.6) is 0 Å². The molecule has 0 radical (unpaired) electrons. The predicted molar refractivity (Wildman–Crippen MR) is 97.5 cm³/mol. The summed E-state index contributed by atoms with van der Waals surface area (Å²) in [4.78, 5) is 23.6. The molecule has 150 valence electrons. The minimum absolute atomic E-state index is 0.262. The fourth-order valence-corrected chi connectivity index (χ4v) is 2.29. The number of benzene rings is 2. The highest BCUT2D eigenvalue weighted by Gasteiger charge is 2.32. The maximum absolute atomic E-state index is 11.8. The Morgan fingerprint density at radius 3 is 1.29 bits per heavy atom. The standard InChI is InChI=1S/C20H22O8/c21-15(11-27-19(25)13-7-3-1-4-8-13)17(23)18(24)16(22)12-28-20(26)14-9-5-2-6-10-14/h1-10,15-18,21-24H,11-12H2/t15-,16?,17-,18-/m1/s1. The van der Waals surface area contributed by atoms with Crippen molar-refractivity contribution in [2.45, 2.75) is 24.4 Å². The first-order valence-corrected chi connectivity index (χ1v) is 8.56. The van der Waals surface area contributed by atoms with E-state index < -0.39 is 49.6 Å². The molecule has 0 aromatic heterocycles. The van der Waals surface area contributed by atoms with Crippen molar-refractivity contribution in [1.82, 2.24) is 0 Å². The quantitative estimate of drug-likeness (QED) is 0.445. The third kappa shape index (κ3) is 6.14. The van der Waals surface area contributed by atoms with E-state index in [9.17, 15) is 30.0 Å². The van der Waals surface area contributed by atoms with Crippen LogP contribution in [0.25, 0.3) is 0 Å². The van der Waals surface area contributed by atoms with Crippen LogP contribution in [0.2, 0.25) is 0 Å². The molecule has 0 spiro atoms. The number of carbonyl (C=O) groups is 2. The van der Waals surface area contributed by atoms with Gasteiger partial charge in [0.05, 0.1) is 11.1 Å². The fraction of sp³-hybridized carbons (Fsp3) is 0.300. The maximum Gasteiger partial charge on any atom is 0.338 e. The van der Waals surface area contributed by atoms with Gasteiger partial charge in [-0.1, -0.05) is 36.4 Å². The average Bonchev–Trinajstić information content (AvgIpc) is 2.75. The SMILES string of the molecule is O=C(OCC(O)[C@@H](O)[C@H](O)[C@H](O)COC(=O)c1ccccc1)c1ccccc1. The predicted octanol–water partition coefficient (Wildman–Crippen LogP) is 0.144. The van der Waals surface area contributed by atoms with Gasteiger partial charge in [0, 0.05) is 0 Å². The molecule has 4 atom stereocenters. The average molecular weight is 390 g/mol. The van der Waals surface area contributed by atoms with Crippen LogP contribution in [-0.4, -0.2) is 70.0 Å². The monoisotopic (exact) mass is 390 g/mol. The lowest BCUT2D eigenvalue weighted by Crippen LogP contribution is -2.48. The van der Waals surface area contributed by atoms with Crippen molar-refractivity contribution in [2.75, 3.05) is 13.2 Å². The van der Waals surface area contributed by atoms with Crippen molar-refractivity contribution in [3.05, 3.63) is 71.8 Å².